The maximum Gasteiger partial charge on any atom is 0.320 e. The molecule has 5 heteroatoms. The number of carboxylic acids is 1. The molecular formula is C14H17BrFNO2. The van der Waals surface area contributed by atoms with Gasteiger partial charge in [-0.1, -0.05) is 22.9 Å². The van der Waals surface area contributed by atoms with Gasteiger partial charge >= 0.3 is 5.97 Å². The number of rotatable bonds is 3. The van der Waals surface area contributed by atoms with Crippen molar-refractivity contribution in [3.63, 3.8) is 0 Å². The third kappa shape index (κ3) is 3.54. The Hall–Kier alpha value is -0.940. The van der Waals surface area contributed by atoms with Gasteiger partial charge in [-0.05, 0) is 43.5 Å². The van der Waals surface area contributed by atoms with Crippen LogP contribution in [0.15, 0.2) is 22.7 Å². The molecule has 1 heterocycles. The van der Waals surface area contributed by atoms with Gasteiger partial charge in [0.2, 0.25) is 0 Å². The van der Waals surface area contributed by atoms with Crippen LogP contribution in [-0.2, 0) is 11.3 Å². The van der Waals surface area contributed by atoms with E-state index in [9.17, 15) is 14.3 Å². The van der Waals surface area contributed by atoms with Crippen LogP contribution in [-0.4, -0.2) is 28.6 Å². The monoisotopic (exact) mass is 329 g/mol. The minimum absolute atomic E-state index is 0.286. The number of hydrogen-bond acceptors (Lipinski definition) is 2. The zero-order valence-electron chi connectivity index (χ0n) is 10.8. The van der Waals surface area contributed by atoms with Crippen LogP contribution in [0.25, 0.3) is 0 Å². The molecule has 0 aliphatic carbocycles. The van der Waals surface area contributed by atoms with Gasteiger partial charge in [0.1, 0.15) is 11.9 Å². The van der Waals surface area contributed by atoms with Crippen LogP contribution in [0.1, 0.15) is 25.3 Å². The highest BCUT2D eigenvalue weighted by Crippen LogP contribution is 2.26. The Kier molecular flexibility index (Phi) is 4.58. The number of aliphatic carboxylic acids is 1. The van der Waals surface area contributed by atoms with E-state index in [0.717, 1.165) is 10.9 Å². The summed E-state index contributed by atoms with van der Waals surface area (Å²) in [5, 5.41) is 9.28. The number of hydrogen-bond donors (Lipinski definition) is 1. The topological polar surface area (TPSA) is 40.5 Å². The zero-order chi connectivity index (χ0) is 14.0. The molecule has 0 aromatic heterocycles. The van der Waals surface area contributed by atoms with E-state index in [2.05, 4.69) is 22.9 Å². The van der Waals surface area contributed by atoms with Gasteiger partial charge in [-0.25, -0.2) is 4.39 Å². The standard InChI is InChI=1S/C14H17BrFNO2/c1-9-4-5-17(13(6-9)14(18)19)8-10-7-11(15)2-3-12(10)16/h2-3,7,9,13H,4-6,8H2,1H3,(H,18,19). The van der Waals surface area contributed by atoms with Gasteiger partial charge in [0.25, 0.3) is 0 Å². The second-order valence-corrected chi connectivity index (χ2v) is 6.11. The molecule has 2 atom stereocenters. The highest BCUT2D eigenvalue weighted by atomic mass is 79.9. The summed E-state index contributed by atoms with van der Waals surface area (Å²) in [6.07, 6.45) is 1.59. The van der Waals surface area contributed by atoms with Crippen LogP contribution >= 0.6 is 15.9 Å². The number of nitrogens with zero attached hydrogens (tertiary/aromatic N) is 1. The maximum atomic E-state index is 13.7. The Bertz CT molecular complexity index is 481. The third-order valence-electron chi connectivity index (χ3n) is 3.64. The summed E-state index contributed by atoms with van der Waals surface area (Å²) in [7, 11) is 0. The van der Waals surface area contributed by atoms with Gasteiger partial charge in [0.15, 0.2) is 0 Å². The van der Waals surface area contributed by atoms with E-state index >= 15 is 0 Å². The van der Waals surface area contributed by atoms with Gasteiger partial charge < -0.3 is 5.11 Å². The number of carboxylic acid groups (broad SMARTS) is 1. The van der Waals surface area contributed by atoms with Crippen molar-refractivity contribution < 1.29 is 14.3 Å². The smallest absolute Gasteiger partial charge is 0.320 e. The lowest BCUT2D eigenvalue weighted by Crippen LogP contribution is -2.46. The molecule has 1 aliphatic rings. The van der Waals surface area contributed by atoms with Crippen LogP contribution < -0.4 is 0 Å². The van der Waals surface area contributed by atoms with Gasteiger partial charge in [-0.15, -0.1) is 0 Å². The molecule has 1 N–H and O–H groups in total. The van der Waals surface area contributed by atoms with Crippen LogP contribution in [0.4, 0.5) is 4.39 Å². The molecule has 104 valence electrons. The minimum Gasteiger partial charge on any atom is -0.480 e. The quantitative estimate of drug-likeness (QED) is 0.925. The Balaban J connectivity index is 2.16. The van der Waals surface area contributed by atoms with Crippen LogP contribution in [0.2, 0.25) is 0 Å². The average molecular weight is 330 g/mol. The van der Waals surface area contributed by atoms with Crippen molar-refractivity contribution in [2.75, 3.05) is 6.54 Å². The largest absolute Gasteiger partial charge is 0.480 e. The predicted molar refractivity (Wildman–Crippen MR) is 74.3 cm³/mol. The van der Waals surface area contributed by atoms with E-state index in [1.54, 1.807) is 12.1 Å². The number of benzene rings is 1. The van der Waals surface area contributed by atoms with Crippen LogP contribution in [0, 0.1) is 11.7 Å². The van der Waals surface area contributed by atoms with E-state index < -0.39 is 12.0 Å². The first kappa shape index (κ1) is 14.5. The lowest BCUT2D eigenvalue weighted by Gasteiger charge is -2.36. The van der Waals surface area contributed by atoms with Crippen molar-refractivity contribution in [1.29, 1.82) is 0 Å². The Morgan fingerprint density at radius 1 is 1.58 bits per heavy atom. The normalized spacial score (nSPS) is 24.4. The summed E-state index contributed by atoms with van der Waals surface area (Å²) >= 11 is 3.31. The summed E-state index contributed by atoms with van der Waals surface area (Å²) in [5.74, 6) is -0.697. The van der Waals surface area contributed by atoms with Crippen molar-refractivity contribution in [3.8, 4) is 0 Å². The summed E-state index contributed by atoms with van der Waals surface area (Å²) in [5.41, 5.74) is 0.537. The molecule has 0 bridgehead atoms. The molecule has 1 fully saturated rings. The first-order valence-electron chi connectivity index (χ1n) is 6.38. The molecule has 0 saturated carbocycles. The van der Waals surface area contributed by atoms with Gasteiger partial charge in [-0.3, -0.25) is 9.69 Å². The van der Waals surface area contributed by atoms with E-state index in [0.29, 0.717) is 31.0 Å². The number of likely N-dealkylation sites (tertiary alicyclic amines) is 1. The Morgan fingerprint density at radius 3 is 3.00 bits per heavy atom. The fourth-order valence-corrected chi connectivity index (χ4v) is 2.93. The number of carbonyl (C=O) groups is 1. The lowest BCUT2D eigenvalue weighted by atomic mass is 9.92. The molecule has 0 amide bonds. The van der Waals surface area contributed by atoms with Crippen molar-refractivity contribution in [3.05, 3.63) is 34.1 Å². The molecule has 0 radical (unpaired) electrons. The second-order valence-electron chi connectivity index (χ2n) is 5.19. The molecule has 1 aliphatic heterocycles. The highest BCUT2D eigenvalue weighted by Gasteiger charge is 2.31. The molecule has 3 nitrogen and oxygen atoms in total. The summed E-state index contributed by atoms with van der Waals surface area (Å²) in [4.78, 5) is 13.2. The molecule has 1 aromatic rings. The van der Waals surface area contributed by atoms with Crippen molar-refractivity contribution >= 4 is 21.9 Å². The van der Waals surface area contributed by atoms with E-state index in [-0.39, 0.29) is 5.82 Å². The number of piperidine rings is 1. The highest BCUT2D eigenvalue weighted by molar-refractivity contribution is 9.10. The van der Waals surface area contributed by atoms with Gasteiger partial charge in [-0.2, -0.15) is 0 Å². The SMILES string of the molecule is CC1CCN(Cc2cc(Br)ccc2F)C(C(=O)O)C1. The van der Waals surface area contributed by atoms with Crippen molar-refractivity contribution in [1.82, 2.24) is 4.90 Å². The first-order chi connectivity index (χ1) is 8.97. The third-order valence-corrected chi connectivity index (χ3v) is 4.14. The molecule has 19 heavy (non-hydrogen) atoms. The minimum atomic E-state index is -0.818. The summed E-state index contributed by atoms with van der Waals surface area (Å²) in [6, 6.07) is 4.25. The lowest BCUT2D eigenvalue weighted by molar-refractivity contribution is -0.145. The van der Waals surface area contributed by atoms with Crippen molar-refractivity contribution in [2.45, 2.75) is 32.4 Å². The number of halogens is 2. The fourth-order valence-electron chi connectivity index (χ4n) is 2.52. The summed E-state index contributed by atoms with van der Waals surface area (Å²) in [6.45, 7) is 3.10. The van der Waals surface area contributed by atoms with Crippen molar-refractivity contribution in [2.24, 2.45) is 5.92 Å². The predicted octanol–water partition coefficient (Wildman–Crippen LogP) is 3.27. The first-order valence-corrected chi connectivity index (χ1v) is 7.17. The molecule has 1 aromatic carbocycles. The molecule has 2 rings (SSSR count). The Labute approximate surface area is 120 Å². The van der Waals surface area contributed by atoms with Gasteiger partial charge in [0.05, 0.1) is 0 Å². The van der Waals surface area contributed by atoms with Gasteiger partial charge in [0, 0.05) is 16.6 Å². The maximum absolute atomic E-state index is 13.7. The molecular weight excluding hydrogens is 313 g/mol. The van der Waals surface area contributed by atoms with E-state index in [4.69, 9.17) is 0 Å². The zero-order valence-corrected chi connectivity index (χ0v) is 12.4. The van der Waals surface area contributed by atoms with Crippen LogP contribution in [0.3, 0.4) is 0 Å². The van der Waals surface area contributed by atoms with E-state index in [1.807, 2.05) is 4.90 Å². The fraction of sp³-hybridized carbons (Fsp3) is 0.500. The van der Waals surface area contributed by atoms with E-state index in [1.165, 1.54) is 6.07 Å². The Morgan fingerprint density at radius 2 is 2.32 bits per heavy atom. The second kappa shape index (κ2) is 6.01. The molecule has 0 spiro atoms. The average Bonchev–Trinajstić information content (AvgIpc) is 2.35. The van der Waals surface area contributed by atoms with Crippen LogP contribution in [0.5, 0.6) is 0 Å². The summed E-state index contributed by atoms with van der Waals surface area (Å²) < 4.78 is 14.5. The molecule has 1 saturated heterocycles. The molecule has 2 unspecified atom stereocenters.